The first-order chi connectivity index (χ1) is 5.58. The molecule has 0 saturated carbocycles. The molecule has 1 aliphatic rings. The standard InChI is InChI=1S/C11H23N/c1-11(2,3)7-6-10-12-8-4-5-9-12/h4-10H2,1-3H3. The third-order valence-corrected chi connectivity index (χ3v) is 2.60. The molecule has 1 saturated heterocycles. The summed E-state index contributed by atoms with van der Waals surface area (Å²) in [6.45, 7) is 11.0. The second-order valence-electron chi connectivity index (χ2n) is 5.21. The summed E-state index contributed by atoms with van der Waals surface area (Å²) in [5, 5.41) is 0. The van der Waals surface area contributed by atoms with Crippen molar-refractivity contribution in [2.75, 3.05) is 19.6 Å². The SMILES string of the molecule is CC(C)(C)CCCN1CCCC1. The Morgan fingerprint density at radius 2 is 1.67 bits per heavy atom. The molecule has 0 N–H and O–H groups in total. The van der Waals surface area contributed by atoms with Crippen molar-refractivity contribution >= 4 is 0 Å². The monoisotopic (exact) mass is 169 g/mol. The Morgan fingerprint density at radius 1 is 1.08 bits per heavy atom. The molecule has 0 bridgehead atoms. The van der Waals surface area contributed by atoms with Gasteiger partial charge in [-0.15, -0.1) is 0 Å². The van der Waals surface area contributed by atoms with Crippen LogP contribution in [-0.4, -0.2) is 24.5 Å². The molecule has 0 aromatic heterocycles. The average Bonchev–Trinajstić information content (AvgIpc) is 2.36. The van der Waals surface area contributed by atoms with E-state index in [9.17, 15) is 0 Å². The summed E-state index contributed by atoms with van der Waals surface area (Å²) in [7, 11) is 0. The Bertz CT molecular complexity index is 117. The molecule has 1 heterocycles. The van der Waals surface area contributed by atoms with Crippen LogP contribution < -0.4 is 0 Å². The van der Waals surface area contributed by atoms with Gasteiger partial charge in [-0.2, -0.15) is 0 Å². The molecule has 1 aliphatic heterocycles. The first-order valence-corrected chi connectivity index (χ1v) is 5.30. The van der Waals surface area contributed by atoms with Gasteiger partial charge < -0.3 is 4.90 Å². The fourth-order valence-electron chi connectivity index (χ4n) is 1.84. The van der Waals surface area contributed by atoms with E-state index in [0.29, 0.717) is 5.41 Å². The molecule has 12 heavy (non-hydrogen) atoms. The van der Waals surface area contributed by atoms with Crippen molar-refractivity contribution in [2.24, 2.45) is 5.41 Å². The molecule has 0 aromatic carbocycles. The third-order valence-electron chi connectivity index (χ3n) is 2.60. The second-order valence-corrected chi connectivity index (χ2v) is 5.21. The lowest BCUT2D eigenvalue weighted by atomic mass is 9.90. The lowest BCUT2D eigenvalue weighted by Crippen LogP contribution is -2.21. The van der Waals surface area contributed by atoms with E-state index in [1.807, 2.05) is 0 Å². The van der Waals surface area contributed by atoms with Crippen molar-refractivity contribution in [1.29, 1.82) is 0 Å². The van der Waals surface area contributed by atoms with Crippen molar-refractivity contribution in [3.63, 3.8) is 0 Å². The Morgan fingerprint density at radius 3 is 2.17 bits per heavy atom. The van der Waals surface area contributed by atoms with Crippen LogP contribution in [0.3, 0.4) is 0 Å². The normalized spacial score (nSPS) is 20.2. The van der Waals surface area contributed by atoms with Crippen LogP contribution >= 0.6 is 0 Å². The van der Waals surface area contributed by atoms with E-state index in [-0.39, 0.29) is 0 Å². The highest BCUT2D eigenvalue weighted by Crippen LogP contribution is 2.21. The molecule has 0 spiro atoms. The average molecular weight is 169 g/mol. The smallest absolute Gasteiger partial charge is 0.00183 e. The Hall–Kier alpha value is -0.0400. The van der Waals surface area contributed by atoms with E-state index < -0.39 is 0 Å². The summed E-state index contributed by atoms with van der Waals surface area (Å²) in [4.78, 5) is 2.60. The number of hydrogen-bond acceptors (Lipinski definition) is 1. The van der Waals surface area contributed by atoms with Gasteiger partial charge in [0.25, 0.3) is 0 Å². The molecule has 1 fully saturated rings. The van der Waals surface area contributed by atoms with Crippen LogP contribution in [0.25, 0.3) is 0 Å². The van der Waals surface area contributed by atoms with E-state index in [4.69, 9.17) is 0 Å². The summed E-state index contributed by atoms with van der Waals surface area (Å²) < 4.78 is 0. The van der Waals surface area contributed by atoms with Crippen LogP contribution in [0.2, 0.25) is 0 Å². The topological polar surface area (TPSA) is 3.24 Å². The molecular formula is C11H23N. The molecule has 1 heteroatoms. The first-order valence-electron chi connectivity index (χ1n) is 5.30. The number of rotatable bonds is 3. The summed E-state index contributed by atoms with van der Waals surface area (Å²) in [5.74, 6) is 0. The van der Waals surface area contributed by atoms with Crippen LogP contribution in [0.5, 0.6) is 0 Å². The quantitative estimate of drug-likeness (QED) is 0.628. The summed E-state index contributed by atoms with van der Waals surface area (Å²) in [6, 6.07) is 0. The Labute approximate surface area is 77.1 Å². The molecule has 72 valence electrons. The number of nitrogens with zero attached hydrogens (tertiary/aromatic N) is 1. The summed E-state index contributed by atoms with van der Waals surface area (Å²) in [6.07, 6.45) is 5.60. The molecule has 1 nitrogen and oxygen atoms in total. The van der Waals surface area contributed by atoms with Crippen molar-refractivity contribution < 1.29 is 0 Å². The zero-order valence-electron chi connectivity index (χ0n) is 8.90. The minimum absolute atomic E-state index is 0.528. The van der Waals surface area contributed by atoms with Gasteiger partial charge in [-0.3, -0.25) is 0 Å². The lowest BCUT2D eigenvalue weighted by molar-refractivity contribution is 0.289. The van der Waals surface area contributed by atoms with Gasteiger partial charge >= 0.3 is 0 Å². The van der Waals surface area contributed by atoms with Crippen LogP contribution in [0.4, 0.5) is 0 Å². The minimum Gasteiger partial charge on any atom is -0.303 e. The van der Waals surface area contributed by atoms with E-state index in [0.717, 1.165) is 0 Å². The molecule has 0 atom stereocenters. The maximum Gasteiger partial charge on any atom is -0.00183 e. The van der Waals surface area contributed by atoms with Gasteiger partial charge in [0.05, 0.1) is 0 Å². The van der Waals surface area contributed by atoms with Gasteiger partial charge in [0, 0.05) is 0 Å². The van der Waals surface area contributed by atoms with Crippen molar-refractivity contribution in [2.45, 2.75) is 46.5 Å². The Kier molecular flexibility index (Phi) is 3.57. The van der Waals surface area contributed by atoms with Gasteiger partial charge in [-0.1, -0.05) is 20.8 Å². The van der Waals surface area contributed by atoms with Crippen LogP contribution in [0.1, 0.15) is 46.5 Å². The highest BCUT2D eigenvalue weighted by atomic mass is 15.1. The molecule has 0 amide bonds. The third kappa shape index (κ3) is 4.10. The molecule has 0 unspecified atom stereocenters. The predicted octanol–water partition coefficient (Wildman–Crippen LogP) is 2.91. The van der Waals surface area contributed by atoms with Gasteiger partial charge in [0.2, 0.25) is 0 Å². The molecule has 0 aliphatic carbocycles. The molecule has 0 aromatic rings. The van der Waals surface area contributed by atoms with E-state index >= 15 is 0 Å². The second kappa shape index (κ2) is 4.27. The predicted molar refractivity (Wildman–Crippen MR) is 54.4 cm³/mol. The molecule has 0 radical (unpaired) electrons. The van der Waals surface area contributed by atoms with Gasteiger partial charge in [-0.25, -0.2) is 0 Å². The fourth-order valence-corrected chi connectivity index (χ4v) is 1.84. The summed E-state index contributed by atoms with van der Waals surface area (Å²) >= 11 is 0. The maximum absolute atomic E-state index is 2.60. The largest absolute Gasteiger partial charge is 0.303 e. The number of hydrogen-bond donors (Lipinski definition) is 0. The molecular weight excluding hydrogens is 146 g/mol. The number of likely N-dealkylation sites (tertiary alicyclic amines) is 1. The maximum atomic E-state index is 2.60. The van der Waals surface area contributed by atoms with Crippen molar-refractivity contribution in [3.05, 3.63) is 0 Å². The Balaban J connectivity index is 2.02. The van der Waals surface area contributed by atoms with Crippen LogP contribution in [0, 0.1) is 5.41 Å². The fraction of sp³-hybridized carbons (Fsp3) is 1.00. The lowest BCUT2D eigenvalue weighted by Gasteiger charge is -2.20. The zero-order chi connectivity index (χ0) is 9.03. The first kappa shape index (κ1) is 10.0. The van der Waals surface area contributed by atoms with Crippen LogP contribution in [0.15, 0.2) is 0 Å². The minimum atomic E-state index is 0.528. The van der Waals surface area contributed by atoms with E-state index in [1.165, 1.54) is 45.3 Å². The highest BCUT2D eigenvalue weighted by Gasteiger charge is 2.13. The molecule has 1 rings (SSSR count). The van der Waals surface area contributed by atoms with Crippen molar-refractivity contribution in [3.8, 4) is 0 Å². The van der Waals surface area contributed by atoms with Crippen molar-refractivity contribution in [1.82, 2.24) is 4.90 Å². The summed E-state index contributed by atoms with van der Waals surface area (Å²) in [5.41, 5.74) is 0.528. The zero-order valence-corrected chi connectivity index (χ0v) is 8.90. The van der Waals surface area contributed by atoms with Gasteiger partial charge in [-0.05, 0) is 50.7 Å². The van der Waals surface area contributed by atoms with Crippen LogP contribution in [-0.2, 0) is 0 Å². The van der Waals surface area contributed by atoms with E-state index in [1.54, 1.807) is 0 Å². The van der Waals surface area contributed by atoms with E-state index in [2.05, 4.69) is 25.7 Å². The highest BCUT2D eigenvalue weighted by molar-refractivity contribution is 4.68. The van der Waals surface area contributed by atoms with Gasteiger partial charge in [0.15, 0.2) is 0 Å². The van der Waals surface area contributed by atoms with Gasteiger partial charge in [0.1, 0.15) is 0 Å².